The van der Waals surface area contributed by atoms with Crippen molar-refractivity contribution in [1.82, 2.24) is 4.98 Å². The van der Waals surface area contributed by atoms with Crippen molar-refractivity contribution < 1.29 is 4.74 Å². The second kappa shape index (κ2) is 8.07. The van der Waals surface area contributed by atoms with E-state index in [1.165, 1.54) is 0 Å². The molecule has 1 heterocycles. The molecule has 0 aliphatic heterocycles. The molecule has 0 saturated heterocycles. The van der Waals surface area contributed by atoms with Crippen LogP contribution in [0.25, 0.3) is 23.1 Å². The van der Waals surface area contributed by atoms with Crippen LogP contribution in [0.2, 0.25) is 5.02 Å². The molecular formula is C24H18ClNO. The molecule has 3 aromatic carbocycles. The molecule has 27 heavy (non-hydrogen) atoms. The number of pyridine rings is 1. The zero-order chi connectivity index (χ0) is 18.5. The minimum atomic E-state index is 0.565. The van der Waals surface area contributed by atoms with Crippen molar-refractivity contribution in [1.29, 1.82) is 0 Å². The first-order valence-electron chi connectivity index (χ1n) is 8.78. The van der Waals surface area contributed by atoms with Crippen LogP contribution < -0.4 is 4.74 Å². The van der Waals surface area contributed by atoms with E-state index in [1.807, 2.05) is 84.9 Å². The predicted molar refractivity (Wildman–Crippen MR) is 113 cm³/mol. The highest BCUT2D eigenvalue weighted by molar-refractivity contribution is 6.35. The lowest BCUT2D eigenvalue weighted by molar-refractivity contribution is 0.306. The molecule has 3 heteroatoms. The molecule has 1 aromatic heterocycles. The Morgan fingerprint density at radius 1 is 0.815 bits per heavy atom. The summed E-state index contributed by atoms with van der Waals surface area (Å²) >= 11 is 6.36. The smallest absolute Gasteiger partial charge is 0.119 e. The quantitative estimate of drug-likeness (QED) is 0.392. The number of hydrogen-bond acceptors (Lipinski definition) is 2. The van der Waals surface area contributed by atoms with E-state index in [0.29, 0.717) is 11.6 Å². The number of rotatable bonds is 5. The first-order chi connectivity index (χ1) is 13.3. The minimum absolute atomic E-state index is 0.565. The molecule has 0 aliphatic carbocycles. The number of aromatic nitrogens is 1. The Bertz CT molecular complexity index is 1070. The van der Waals surface area contributed by atoms with Crippen LogP contribution >= 0.6 is 11.6 Å². The largest absolute Gasteiger partial charge is 0.489 e. The third-order valence-corrected chi connectivity index (χ3v) is 4.57. The van der Waals surface area contributed by atoms with Crippen molar-refractivity contribution in [2.45, 2.75) is 6.61 Å². The van der Waals surface area contributed by atoms with Gasteiger partial charge in [-0.2, -0.15) is 0 Å². The van der Waals surface area contributed by atoms with E-state index < -0.39 is 0 Å². The molecule has 0 atom stereocenters. The molecule has 0 unspecified atom stereocenters. The molecule has 0 amide bonds. The Morgan fingerprint density at radius 2 is 1.56 bits per heavy atom. The van der Waals surface area contributed by atoms with Gasteiger partial charge in [0.05, 0.1) is 16.2 Å². The van der Waals surface area contributed by atoms with E-state index >= 15 is 0 Å². The fraction of sp³-hybridized carbons (Fsp3) is 0.0417. The summed E-state index contributed by atoms with van der Waals surface area (Å²) < 4.78 is 5.82. The van der Waals surface area contributed by atoms with E-state index in [2.05, 4.69) is 17.1 Å². The van der Waals surface area contributed by atoms with Crippen LogP contribution in [0.3, 0.4) is 0 Å². The fourth-order valence-electron chi connectivity index (χ4n) is 2.84. The predicted octanol–water partition coefficient (Wildman–Crippen LogP) is 6.64. The Morgan fingerprint density at radius 3 is 2.37 bits per heavy atom. The first kappa shape index (κ1) is 17.3. The van der Waals surface area contributed by atoms with E-state index in [9.17, 15) is 0 Å². The molecule has 0 spiro atoms. The molecule has 132 valence electrons. The van der Waals surface area contributed by atoms with E-state index in [4.69, 9.17) is 16.3 Å². The summed E-state index contributed by atoms with van der Waals surface area (Å²) in [7, 11) is 0. The maximum absolute atomic E-state index is 6.36. The lowest BCUT2D eigenvalue weighted by atomic mass is 10.1. The van der Waals surface area contributed by atoms with E-state index in [0.717, 1.165) is 33.5 Å². The Balaban J connectivity index is 1.45. The number of para-hydroxylation sites is 1. The van der Waals surface area contributed by atoms with Gasteiger partial charge in [0.1, 0.15) is 12.4 Å². The molecule has 0 N–H and O–H groups in total. The average Bonchev–Trinajstić information content (AvgIpc) is 2.72. The van der Waals surface area contributed by atoms with Crippen molar-refractivity contribution in [3.05, 3.63) is 107 Å². The highest BCUT2D eigenvalue weighted by atomic mass is 35.5. The second-order valence-electron chi connectivity index (χ2n) is 6.22. The zero-order valence-corrected chi connectivity index (χ0v) is 15.4. The van der Waals surface area contributed by atoms with Crippen molar-refractivity contribution in [3.8, 4) is 5.75 Å². The van der Waals surface area contributed by atoms with Crippen LogP contribution in [0.5, 0.6) is 5.75 Å². The molecule has 2 nitrogen and oxygen atoms in total. The number of nitrogens with zero attached hydrogens (tertiary/aromatic N) is 1. The summed E-state index contributed by atoms with van der Waals surface area (Å²) in [5.41, 5.74) is 3.96. The van der Waals surface area contributed by atoms with Crippen LogP contribution in [-0.4, -0.2) is 4.98 Å². The van der Waals surface area contributed by atoms with Crippen LogP contribution in [0.15, 0.2) is 84.9 Å². The Kier molecular flexibility index (Phi) is 5.17. The Hall–Kier alpha value is -3.10. The highest BCUT2D eigenvalue weighted by Crippen LogP contribution is 2.24. The monoisotopic (exact) mass is 371 g/mol. The second-order valence-corrected chi connectivity index (χ2v) is 6.63. The van der Waals surface area contributed by atoms with Gasteiger partial charge in [0, 0.05) is 5.39 Å². The van der Waals surface area contributed by atoms with Gasteiger partial charge < -0.3 is 4.74 Å². The molecule has 4 aromatic rings. The van der Waals surface area contributed by atoms with Gasteiger partial charge in [-0.1, -0.05) is 78.3 Å². The average molecular weight is 372 g/mol. The van der Waals surface area contributed by atoms with Gasteiger partial charge in [0.15, 0.2) is 0 Å². The minimum Gasteiger partial charge on any atom is -0.489 e. The fourth-order valence-corrected chi connectivity index (χ4v) is 3.11. The standard InChI is InChI=1S/C24H18ClNO/c25-23-16-20(26-24-9-5-4-8-22(23)24)13-10-18-11-14-21(15-12-18)27-17-19-6-2-1-3-7-19/h1-16H,17H2/b13-10+. The number of benzene rings is 3. The van der Waals surface area contributed by atoms with Gasteiger partial charge in [-0.3, -0.25) is 0 Å². The maximum Gasteiger partial charge on any atom is 0.119 e. The molecule has 0 bridgehead atoms. The van der Waals surface area contributed by atoms with Gasteiger partial charge in [-0.05, 0) is 41.5 Å². The topological polar surface area (TPSA) is 22.1 Å². The van der Waals surface area contributed by atoms with Crippen LogP contribution in [-0.2, 0) is 6.61 Å². The number of hydrogen-bond donors (Lipinski definition) is 0. The number of halogens is 1. The molecular weight excluding hydrogens is 354 g/mol. The van der Waals surface area contributed by atoms with Gasteiger partial charge in [-0.15, -0.1) is 0 Å². The summed E-state index contributed by atoms with van der Waals surface area (Å²) in [5.74, 6) is 0.850. The maximum atomic E-state index is 6.36. The highest BCUT2D eigenvalue weighted by Gasteiger charge is 2.01. The van der Waals surface area contributed by atoms with Crippen molar-refractivity contribution in [3.63, 3.8) is 0 Å². The lowest BCUT2D eigenvalue weighted by Crippen LogP contribution is -1.94. The summed E-state index contributed by atoms with van der Waals surface area (Å²) in [6, 6.07) is 27.9. The van der Waals surface area contributed by atoms with Gasteiger partial charge in [0.2, 0.25) is 0 Å². The molecule has 0 fully saturated rings. The van der Waals surface area contributed by atoms with Gasteiger partial charge >= 0.3 is 0 Å². The Labute approximate surface area is 163 Å². The summed E-state index contributed by atoms with van der Waals surface area (Å²) in [6.45, 7) is 0.565. The van der Waals surface area contributed by atoms with E-state index in [-0.39, 0.29) is 0 Å². The third kappa shape index (κ3) is 4.36. The molecule has 0 radical (unpaired) electrons. The number of fused-ring (bicyclic) bond motifs is 1. The summed E-state index contributed by atoms with van der Waals surface area (Å²) in [4.78, 5) is 4.64. The van der Waals surface area contributed by atoms with Gasteiger partial charge in [-0.25, -0.2) is 4.98 Å². The summed E-state index contributed by atoms with van der Waals surface area (Å²) in [6.07, 6.45) is 3.99. The van der Waals surface area contributed by atoms with E-state index in [1.54, 1.807) is 0 Å². The third-order valence-electron chi connectivity index (χ3n) is 4.26. The van der Waals surface area contributed by atoms with Crippen LogP contribution in [0, 0.1) is 0 Å². The SMILES string of the molecule is Clc1cc(/C=C/c2ccc(OCc3ccccc3)cc2)nc2ccccc12. The van der Waals surface area contributed by atoms with Crippen molar-refractivity contribution in [2.75, 3.05) is 0 Å². The van der Waals surface area contributed by atoms with Crippen LogP contribution in [0.4, 0.5) is 0 Å². The molecule has 0 saturated carbocycles. The lowest BCUT2D eigenvalue weighted by Gasteiger charge is -2.06. The summed E-state index contributed by atoms with van der Waals surface area (Å²) in [5, 5.41) is 1.68. The van der Waals surface area contributed by atoms with Crippen LogP contribution in [0.1, 0.15) is 16.8 Å². The normalized spacial score (nSPS) is 11.1. The first-order valence-corrected chi connectivity index (χ1v) is 9.16. The molecule has 0 aliphatic rings. The van der Waals surface area contributed by atoms with Crippen molar-refractivity contribution in [2.24, 2.45) is 0 Å². The molecule has 4 rings (SSSR count). The van der Waals surface area contributed by atoms with Crippen molar-refractivity contribution >= 4 is 34.7 Å². The van der Waals surface area contributed by atoms with Gasteiger partial charge in [0.25, 0.3) is 0 Å². The zero-order valence-electron chi connectivity index (χ0n) is 14.7. The number of ether oxygens (including phenoxy) is 1.